The van der Waals surface area contributed by atoms with E-state index >= 15 is 0 Å². The first-order valence-corrected chi connectivity index (χ1v) is 10.1. The molecule has 2 aromatic carbocycles. The maximum atomic E-state index is 12.6. The standard InChI is InChI=1S/C23H23ClN2O3/c1-28-18-8-6-17(7-9-18)26-14-12-16(13-15-26)25-23(27)22-11-10-21(29-22)19-4-2-3-5-20(19)24/h2-11,16H,12-15H2,1H3,(H,25,27). The number of piperidine rings is 1. The molecule has 0 aliphatic carbocycles. The van der Waals surface area contributed by atoms with E-state index < -0.39 is 0 Å². The minimum Gasteiger partial charge on any atom is -0.497 e. The zero-order valence-corrected chi connectivity index (χ0v) is 17.0. The SMILES string of the molecule is COc1ccc(N2CCC(NC(=O)c3ccc(-c4ccccc4Cl)o3)CC2)cc1. The van der Waals surface area contributed by atoms with E-state index in [1.165, 1.54) is 5.69 Å². The van der Waals surface area contributed by atoms with Crippen molar-refractivity contribution in [1.82, 2.24) is 5.32 Å². The molecule has 1 N–H and O–H groups in total. The van der Waals surface area contributed by atoms with Crippen LogP contribution in [0, 0.1) is 0 Å². The maximum absolute atomic E-state index is 12.6. The Morgan fingerprint density at radius 1 is 1.07 bits per heavy atom. The molecule has 0 unspecified atom stereocenters. The lowest BCUT2D eigenvalue weighted by atomic mass is 10.0. The lowest BCUT2D eigenvalue weighted by molar-refractivity contribution is 0.0904. The summed E-state index contributed by atoms with van der Waals surface area (Å²) in [5.74, 6) is 1.56. The van der Waals surface area contributed by atoms with Crippen molar-refractivity contribution >= 4 is 23.2 Å². The second-order valence-electron chi connectivity index (χ2n) is 7.08. The van der Waals surface area contributed by atoms with Crippen LogP contribution in [0.1, 0.15) is 23.4 Å². The number of carbonyl (C=O) groups is 1. The van der Waals surface area contributed by atoms with Crippen LogP contribution in [0.15, 0.2) is 65.1 Å². The van der Waals surface area contributed by atoms with Crippen molar-refractivity contribution in [2.45, 2.75) is 18.9 Å². The van der Waals surface area contributed by atoms with Gasteiger partial charge in [0.1, 0.15) is 11.5 Å². The van der Waals surface area contributed by atoms with Crippen LogP contribution in [0.4, 0.5) is 5.69 Å². The van der Waals surface area contributed by atoms with Crippen LogP contribution in [0.25, 0.3) is 11.3 Å². The number of nitrogens with zero attached hydrogens (tertiary/aromatic N) is 1. The van der Waals surface area contributed by atoms with Crippen molar-refractivity contribution in [3.05, 3.63) is 71.4 Å². The van der Waals surface area contributed by atoms with Crippen molar-refractivity contribution in [3.63, 3.8) is 0 Å². The number of furan rings is 1. The smallest absolute Gasteiger partial charge is 0.287 e. The Kier molecular flexibility index (Phi) is 5.76. The summed E-state index contributed by atoms with van der Waals surface area (Å²) in [7, 11) is 1.67. The zero-order valence-electron chi connectivity index (χ0n) is 16.2. The number of halogens is 1. The monoisotopic (exact) mass is 410 g/mol. The van der Waals surface area contributed by atoms with E-state index in [2.05, 4.69) is 22.3 Å². The highest BCUT2D eigenvalue weighted by atomic mass is 35.5. The van der Waals surface area contributed by atoms with Gasteiger partial charge in [0, 0.05) is 30.4 Å². The molecule has 5 nitrogen and oxygen atoms in total. The molecule has 1 saturated heterocycles. The Bertz CT molecular complexity index is 976. The van der Waals surface area contributed by atoms with E-state index in [-0.39, 0.29) is 11.9 Å². The molecule has 0 spiro atoms. The van der Waals surface area contributed by atoms with Gasteiger partial charge in [-0.05, 0) is 61.4 Å². The number of anilines is 1. The Balaban J connectivity index is 1.34. The van der Waals surface area contributed by atoms with Gasteiger partial charge in [-0.1, -0.05) is 23.7 Å². The van der Waals surface area contributed by atoms with Crippen molar-refractivity contribution in [3.8, 4) is 17.1 Å². The predicted molar refractivity (Wildman–Crippen MR) is 115 cm³/mol. The predicted octanol–water partition coefficient (Wildman–Crippen LogP) is 5.01. The number of benzene rings is 2. The minimum atomic E-state index is -0.189. The first-order chi connectivity index (χ1) is 14.1. The summed E-state index contributed by atoms with van der Waals surface area (Å²) in [5.41, 5.74) is 1.95. The summed E-state index contributed by atoms with van der Waals surface area (Å²) in [6.45, 7) is 1.78. The van der Waals surface area contributed by atoms with E-state index in [1.807, 2.05) is 30.3 Å². The Hall–Kier alpha value is -2.92. The Morgan fingerprint density at radius 2 is 1.79 bits per heavy atom. The molecule has 1 aliphatic heterocycles. The number of ether oxygens (including phenoxy) is 1. The van der Waals surface area contributed by atoms with Crippen LogP contribution in [-0.4, -0.2) is 32.1 Å². The van der Waals surface area contributed by atoms with Gasteiger partial charge in [-0.2, -0.15) is 0 Å². The van der Waals surface area contributed by atoms with Crippen LogP contribution in [-0.2, 0) is 0 Å². The van der Waals surface area contributed by atoms with Crippen molar-refractivity contribution in [2.24, 2.45) is 0 Å². The molecule has 1 aliphatic rings. The molecule has 3 aromatic rings. The molecule has 0 saturated carbocycles. The molecule has 0 atom stereocenters. The van der Waals surface area contributed by atoms with E-state index in [0.29, 0.717) is 16.5 Å². The topological polar surface area (TPSA) is 54.7 Å². The molecule has 2 heterocycles. The summed E-state index contributed by atoms with van der Waals surface area (Å²) in [5, 5.41) is 3.69. The molecule has 1 amide bonds. The molecule has 1 aromatic heterocycles. The largest absolute Gasteiger partial charge is 0.497 e. The third-order valence-corrected chi connectivity index (χ3v) is 5.57. The summed E-state index contributed by atoms with van der Waals surface area (Å²) in [6.07, 6.45) is 1.77. The van der Waals surface area contributed by atoms with Crippen LogP contribution in [0.3, 0.4) is 0 Å². The average Bonchev–Trinajstić information content (AvgIpc) is 3.25. The summed E-state index contributed by atoms with van der Waals surface area (Å²) in [4.78, 5) is 14.9. The Morgan fingerprint density at radius 3 is 2.48 bits per heavy atom. The average molecular weight is 411 g/mol. The van der Waals surface area contributed by atoms with Crippen molar-refractivity contribution in [2.75, 3.05) is 25.1 Å². The van der Waals surface area contributed by atoms with E-state index in [0.717, 1.165) is 37.2 Å². The fraction of sp³-hybridized carbons (Fsp3) is 0.261. The number of rotatable bonds is 5. The highest BCUT2D eigenvalue weighted by Gasteiger charge is 2.23. The van der Waals surface area contributed by atoms with Gasteiger partial charge in [-0.3, -0.25) is 4.79 Å². The van der Waals surface area contributed by atoms with Gasteiger partial charge in [0.15, 0.2) is 5.76 Å². The van der Waals surface area contributed by atoms with E-state index in [4.69, 9.17) is 20.8 Å². The number of amides is 1. The summed E-state index contributed by atoms with van der Waals surface area (Å²) >= 11 is 6.21. The third kappa shape index (κ3) is 4.40. The van der Waals surface area contributed by atoms with Gasteiger partial charge in [0.25, 0.3) is 5.91 Å². The molecule has 0 bridgehead atoms. The van der Waals surface area contributed by atoms with Crippen molar-refractivity contribution < 1.29 is 13.9 Å². The molecule has 1 fully saturated rings. The third-order valence-electron chi connectivity index (χ3n) is 5.24. The minimum absolute atomic E-state index is 0.130. The quantitative estimate of drug-likeness (QED) is 0.642. The highest BCUT2D eigenvalue weighted by Crippen LogP contribution is 2.29. The second-order valence-corrected chi connectivity index (χ2v) is 7.48. The van der Waals surface area contributed by atoms with Crippen LogP contribution >= 0.6 is 11.6 Å². The zero-order chi connectivity index (χ0) is 20.2. The van der Waals surface area contributed by atoms with Gasteiger partial charge in [0.2, 0.25) is 0 Å². The molecule has 4 rings (SSSR count). The van der Waals surface area contributed by atoms with E-state index in [1.54, 1.807) is 25.3 Å². The van der Waals surface area contributed by atoms with Gasteiger partial charge in [-0.15, -0.1) is 0 Å². The van der Waals surface area contributed by atoms with Gasteiger partial charge in [0.05, 0.1) is 12.1 Å². The van der Waals surface area contributed by atoms with Crippen molar-refractivity contribution in [1.29, 1.82) is 0 Å². The molecule has 150 valence electrons. The number of hydrogen-bond acceptors (Lipinski definition) is 4. The van der Waals surface area contributed by atoms with Gasteiger partial charge >= 0.3 is 0 Å². The number of methoxy groups -OCH3 is 1. The molecule has 0 radical (unpaired) electrons. The van der Waals surface area contributed by atoms with Crippen LogP contribution in [0.2, 0.25) is 5.02 Å². The summed E-state index contributed by atoms with van der Waals surface area (Å²) < 4.78 is 11.0. The van der Waals surface area contributed by atoms with Gasteiger partial charge in [-0.25, -0.2) is 0 Å². The normalized spacial score (nSPS) is 14.6. The maximum Gasteiger partial charge on any atom is 0.287 e. The van der Waals surface area contributed by atoms with Crippen LogP contribution in [0.5, 0.6) is 5.75 Å². The van der Waals surface area contributed by atoms with Gasteiger partial charge < -0.3 is 19.4 Å². The second kappa shape index (κ2) is 8.62. The number of hydrogen-bond donors (Lipinski definition) is 1. The molecular weight excluding hydrogens is 388 g/mol. The highest BCUT2D eigenvalue weighted by molar-refractivity contribution is 6.33. The van der Waals surface area contributed by atoms with Crippen LogP contribution < -0.4 is 15.0 Å². The lowest BCUT2D eigenvalue weighted by Gasteiger charge is -2.33. The number of carbonyl (C=O) groups excluding carboxylic acids is 1. The fourth-order valence-corrected chi connectivity index (χ4v) is 3.83. The first kappa shape index (κ1) is 19.4. The Labute approximate surface area is 175 Å². The van der Waals surface area contributed by atoms with E-state index in [9.17, 15) is 4.79 Å². The summed E-state index contributed by atoms with van der Waals surface area (Å²) in [6, 6.07) is 19.1. The fourth-order valence-electron chi connectivity index (χ4n) is 3.60. The lowest BCUT2D eigenvalue weighted by Crippen LogP contribution is -2.44. The molecule has 6 heteroatoms. The molecule has 29 heavy (non-hydrogen) atoms. The number of nitrogens with one attached hydrogen (secondary N) is 1. The first-order valence-electron chi connectivity index (χ1n) is 9.68. The molecular formula is C23H23ClN2O3.